The normalized spacial score (nSPS) is 15.4. The highest BCUT2D eigenvalue weighted by molar-refractivity contribution is 7.10. The molecule has 3 aromatic rings. The summed E-state index contributed by atoms with van der Waals surface area (Å²) < 4.78 is 0. The van der Waals surface area contributed by atoms with Crippen LogP contribution < -0.4 is 5.32 Å². The number of allylic oxidation sites excluding steroid dienone is 1. The summed E-state index contributed by atoms with van der Waals surface area (Å²) in [6.07, 6.45) is 11.0. The van der Waals surface area contributed by atoms with Crippen LogP contribution in [0.2, 0.25) is 0 Å². The number of hydrogen-bond acceptors (Lipinski definition) is 3. The van der Waals surface area contributed by atoms with E-state index >= 15 is 0 Å². The number of hydrogen-bond donors (Lipinski definition) is 1. The number of nitrogens with one attached hydrogen (secondary N) is 1. The van der Waals surface area contributed by atoms with E-state index in [9.17, 15) is 0 Å². The lowest BCUT2D eigenvalue weighted by Crippen LogP contribution is -2.44. The summed E-state index contributed by atoms with van der Waals surface area (Å²) >= 11 is 1.92. The van der Waals surface area contributed by atoms with Crippen LogP contribution in [0, 0.1) is 25.2 Å². The smallest absolute Gasteiger partial charge is 0.0159 e. The van der Waals surface area contributed by atoms with Crippen molar-refractivity contribution in [3.8, 4) is 11.1 Å². The van der Waals surface area contributed by atoms with Crippen molar-refractivity contribution in [1.29, 1.82) is 0 Å². The summed E-state index contributed by atoms with van der Waals surface area (Å²) in [5.41, 5.74) is 9.76. The van der Waals surface area contributed by atoms with Crippen molar-refractivity contribution >= 4 is 11.3 Å². The molecule has 0 aliphatic carbocycles. The summed E-state index contributed by atoms with van der Waals surface area (Å²) in [4.78, 5) is 4.18. The van der Waals surface area contributed by atoms with Gasteiger partial charge in [0.15, 0.2) is 0 Å². The molecule has 2 heterocycles. The van der Waals surface area contributed by atoms with Crippen molar-refractivity contribution in [1.82, 2.24) is 10.2 Å². The Balaban J connectivity index is 1.24. The molecule has 0 atom stereocenters. The maximum Gasteiger partial charge on any atom is 0.0159 e. The van der Waals surface area contributed by atoms with E-state index in [2.05, 4.69) is 98.4 Å². The predicted molar refractivity (Wildman–Crippen MR) is 176 cm³/mol. The van der Waals surface area contributed by atoms with Crippen LogP contribution in [0.5, 0.6) is 0 Å². The largest absolute Gasteiger partial charge is 0.391 e. The number of rotatable bonds is 14. The van der Waals surface area contributed by atoms with Gasteiger partial charge in [-0.2, -0.15) is 0 Å². The third-order valence-corrected chi connectivity index (χ3v) is 10.1. The van der Waals surface area contributed by atoms with Gasteiger partial charge in [0.1, 0.15) is 0 Å². The van der Waals surface area contributed by atoms with Crippen molar-refractivity contribution < 1.29 is 0 Å². The summed E-state index contributed by atoms with van der Waals surface area (Å²) in [5.74, 6) is 0.805. The van der Waals surface area contributed by atoms with Crippen LogP contribution in [-0.4, -0.2) is 31.6 Å². The predicted octanol–water partition coefficient (Wildman–Crippen LogP) is 9.39. The second kappa shape index (κ2) is 14.5. The fourth-order valence-corrected chi connectivity index (χ4v) is 7.34. The average Bonchev–Trinajstić information content (AvgIpc) is 3.41. The summed E-state index contributed by atoms with van der Waals surface area (Å²) in [6.45, 7) is 17.1. The van der Waals surface area contributed by atoms with Crippen molar-refractivity contribution in [2.75, 3.05) is 26.7 Å². The monoisotopic (exact) mass is 556 g/mol. The maximum absolute atomic E-state index is 4.47. The van der Waals surface area contributed by atoms with Gasteiger partial charge in [0, 0.05) is 23.0 Å². The van der Waals surface area contributed by atoms with Gasteiger partial charge in [-0.05, 0) is 136 Å². The first kappa shape index (κ1) is 30.6. The van der Waals surface area contributed by atoms with Gasteiger partial charge in [0.05, 0.1) is 0 Å². The Bertz CT molecular complexity index is 1210. The van der Waals surface area contributed by atoms with Crippen LogP contribution in [0.15, 0.2) is 66.2 Å². The summed E-state index contributed by atoms with van der Waals surface area (Å²) in [7, 11) is 2.04. The molecule has 1 saturated heterocycles. The number of benzene rings is 2. The molecule has 1 aliphatic rings. The van der Waals surface area contributed by atoms with E-state index in [4.69, 9.17) is 0 Å². The molecular formula is C37H52N2S. The average molecular weight is 557 g/mol. The summed E-state index contributed by atoms with van der Waals surface area (Å²) in [6, 6.07) is 18.7. The zero-order valence-electron chi connectivity index (χ0n) is 25.8. The van der Waals surface area contributed by atoms with Crippen molar-refractivity contribution in [3.05, 3.63) is 93.3 Å². The minimum absolute atomic E-state index is 0.168. The van der Waals surface area contributed by atoms with E-state index in [0.717, 1.165) is 18.8 Å². The van der Waals surface area contributed by atoms with E-state index in [-0.39, 0.29) is 5.41 Å². The maximum atomic E-state index is 4.47. The van der Waals surface area contributed by atoms with Crippen LogP contribution in [0.3, 0.4) is 0 Å². The Morgan fingerprint density at radius 2 is 1.65 bits per heavy atom. The van der Waals surface area contributed by atoms with E-state index in [1.165, 1.54) is 109 Å². The minimum Gasteiger partial charge on any atom is -0.391 e. The Morgan fingerprint density at radius 3 is 2.33 bits per heavy atom. The first-order chi connectivity index (χ1) is 19.3. The van der Waals surface area contributed by atoms with Crippen LogP contribution in [0.1, 0.15) is 79.5 Å². The Labute approximate surface area is 248 Å². The number of unbranched alkanes of at least 4 members (excludes halogenated alkanes) is 1. The molecule has 0 amide bonds. The fraction of sp³-hybridized carbons (Fsp3) is 0.514. The SMILES string of the molecule is C=C(NC)C1(Cc2ccc(CCCCc3cc(-c4ccc(C)cc4C)cs3)cc2)CCN(CCCC(C)C)CC1. The number of thiophene rings is 1. The molecule has 2 nitrogen and oxygen atoms in total. The van der Waals surface area contributed by atoms with Gasteiger partial charge >= 0.3 is 0 Å². The van der Waals surface area contributed by atoms with Crippen LogP contribution in [0.4, 0.5) is 0 Å². The fourth-order valence-electron chi connectivity index (χ4n) is 6.41. The molecule has 216 valence electrons. The van der Waals surface area contributed by atoms with Gasteiger partial charge in [-0.15, -0.1) is 11.3 Å². The topological polar surface area (TPSA) is 15.3 Å². The van der Waals surface area contributed by atoms with Crippen LogP contribution >= 0.6 is 11.3 Å². The molecule has 0 spiro atoms. The van der Waals surface area contributed by atoms with Crippen LogP contribution in [-0.2, 0) is 19.3 Å². The zero-order chi connectivity index (χ0) is 28.5. The third-order valence-electron chi connectivity index (χ3n) is 9.06. The molecule has 1 aromatic heterocycles. The Kier molecular flexibility index (Phi) is 11.1. The number of aryl methyl sites for hydroxylation is 4. The lowest BCUT2D eigenvalue weighted by Gasteiger charge is -2.43. The van der Waals surface area contributed by atoms with E-state index in [1.807, 2.05) is 18.4 Å². The molecule has 0 radical (unpaired) electrons. The molecule has 4 rings (SSSR count). The Morgan fingerprint density at radius 1 is 0.950 bits per heavy atom. The highest BCUT2D eigenvalue weighted by Gasteiger charge is 2.36. The van der Waals surface area contributed by atoms with E-state index < -0.39 is 0 Å². The standard InChI is InChI=1S/C37H52N2S/c1-28(2)10-9-21-39-22-19-37(20-23-39,31(5)38-6)26-33-16-14-32(15-17-33)11-7-8-12-35-25-34(27-40-35)36-18-13-29(3)24-30(36)4/h13-18,24-25,27-28,38H,5,7-12,19-23,26H2,1-4,6H3. The molecular weight excluding hydrogens is 504 g/mol. The molecule has 40 heavy (non-hydrogen) atoms. The molecule has 2 aromatic carbocycles. The lowest BCUT2D eigenvalue weighted by atomic mass is 9.71. The van der Waals surface area contributed by atoms with E-state index in [1.54, 1.807) is 0 Å². The first-order valence-corrected chi connectivity index (χ1v) is 16.5. The molecule has 1 N–H and O–H groups in total. The van der Waals surface area contributed by atoms with Gasteiger partial charge in [-0.25, -0.2) is 0 Å². The van der Waals surface area contributed by atoms with Crippen LogP contribution in [0.25, 0.3) is 11.1 Å². The highest BCUT2D eigenvalue weighted by Crippen LogP contribution is 2.40. The molecule has 0 saturated carbocycles. The zero-order valence-corrected chi connectivity index (χ0v) is 26.6. The Hall–Kier alpha value is -2.36. The number of nitrogens with zero attached hydrogens (tertiary/aromatic N) is 1. The lowest BCUT2D eigenvalue weighted by molar-refractivity contribution is 0.124. The third kappa shape index (κ3) is 8.33. The van der Waals surface area contributed by atoms with Gasteiger partial charge in [-0.3, -0.25) is 0 Å². The van der Waals surface area contributed by atoms with Gasteiger partial charge in [0.2, 0.25) is 0 Å². The number of likely N-dealkylation sites (tertiary alicyclic amines) is 1. The van der Waals surface area contributed by atoms with Crippen molar-refractivity contribution in [2.45, 2.75) is 85.5 Å². The van der Waals surface area contributed by atoms with Gasteiger partial charge in [0.25, 0.3) is 0 Å². The van der Waals surface area contributed by atoms with Gasteiger partial charge in [-0.1, -0.05) is 68.5 Å². The van der Waals surface area contributed by atoms with Gasteiger partial charge < -0.3 is 10.2 Å². The second-order valence-electron chi connectivity index (χ2n) is 12.7. The van der Waals surface area contributed by atoms with Crippen molar-refractivity contribution in [3.63, 3.8) is 0 Å². The quantitative estimate of drug-likeness (QED) is 0.199. The number of piperidine rings is 1. The first-order valence-electron chi connectivity index (χ1n) is 15.6. The molecule has 1 fully saturated rings. The van der Waals surface area contributed by atoms with E-state index in [0.29, 0.717) is 0 Å². The highest BCUT2D eigenvalue weighted by atomic mass is 32.1. The molecule has 1 aliphatic heterocycles. The minimum atomic E-state index is 0.168. The molecule has 0 unspecified atom stereocenters. The summed E-state index contributed by atoms with van der Waals surface area (Å²) in [5, 5.41) is 5.76. The van der Waals surface area contributed by atoms with Crippen molar-refractivity contribution in [2.24, 2.45) is 11.3 Å². The molecule has 0 bridgehead atoms. The molecule has 3 heteroatoms. The second-order valence-corrected chi connectivity index (χ2v) is 13.7.